The topological polar surface area (TPSA) is 32.8 Å². The predicted molar refractivity (Wildman–Crippen MR) is 59.9 cm³/mol. The maximum Gasteiger partial charge on any atom is 0.409 e. The lowest BCUT2D eigenvalue weighted by molar-refractivity contribution is 0.109. The Morgan fingerprint density at radius 1 is 1.33 bits per heavy atom. The Morgan fingerprint density at radius 2 is 2.00 bits per heavy atom. The first-order chi connectivity index (χ1) is 7.24. The van der Waals surface area contributed by atoms with Crippen LogP contribution in [-0.4, -0.2) is 55.7 Å². The van der Waals surface area contributed by atoms with Gasteiger partial charge in [-0.15, -0.1) is 0 Å². The smallest absolute Gasteiger partial charge is 0.409 e. The highest BCUT2D eigenvalue weighted by atomic mass is 16.5. The standard InChI is InChI=1S/C11H22N2O2/c1-3-15-11(14)12(2)9-10-13-7-5-4-6-8-13/h3-10H2,1-2H3. The molecule has 0 N–H and O–H groups in total. The van der Waals surface area contributed by atoms with Gasteiger partial charge in [0.15, 0.2) is 0 Å². The minimum Gasteiger partial charge on any atom is -0.450 e. The second kappa shape index (κ2) is 6.67. The van der Waals surface area contributed by atoms with E-state index in [0.717, 1.165) is 13.1 Å². The van der Waals surface area contributed by atoms with Crippen LogP contribution in [0.1, 0.15) is 26.2 Å². The molecular formula is C11H22N2O2. The SMILES string of the molecule is CCOC(=O)N(C)CCN1CCCCC1. The first-order valence-electron chi connectivity index (χ1n) is 5.84. The van der Waals surface area contributed by atoms with Crippen molar-refractivity contribution in [2.45, 2.75) is 26.2 Å². The Hall–Kier alpha value is -0.770. The monoisotopic (exact) mass is 214 g/mol. The van der Waals surface area contributed by atoms with Crippen LogP contribution in [0, 0.1) is 0 Å². The van der Waals surface area contributed by atoms with E-state index in [0.29, 0.717) is 6.61 Å². The van der Waals surface area contributed by atoms with Crippen LogP contribution in [0.15, 0.2) is 0 Å². The van der Waals surface area contributed by atoms with Gasteiger partial charge in [-0.05, 0) is 32.9 Å². The molecule has 0 aliphatic carbocycles. The van der Waals surface area contributed by atoms with Gasteiger partial charge >= 0.3 is 6.09 Å². The normalized spacial score (nSPS) is 17.5. The van der Waals surface area contributed by atoms with Crippen LogP contribution in [-0.2, 0) is 4.74 Å². The molecule has 1 saturated heterocycles. The van der Waals surface area contributed by atoms with Gasteiger partial charge in [0, 0.05) is 20.1 Å². The van der Waals surface area contributed by atoms with Crippen molar-refractivity contribution >= 4 is 6.09 Å². The van der Waals surface area contributed by atoms with E-state index in [9.17, 15) is 4.79 Å². The van der Waals surface area contributed by atoms with Gasteiger partial charge in [-0.1, -0.05) is 6.42 Å². The van der Waals surface area contributed by atoms with E-state index in [4.69, 9.17) is 4.74 Å². The van der Waals surface area contributed by atoms with Crippen LogP contribution >= 0.6 is 0 Å². The Morgan fingerprint density at radius 3 is 2.60 bits per heavy atom. The molecule has 0 saturated carbocycles. The van der Waals surface area contributed by atoms with Gasteiger partial charge in [0.2, 0.25) is 0 Å². The number of likely N-dealkylation sites (N-methyl/N-ethyl adjacent to an activating group) is 1. The third-order valence-corrected chi connectivity index (χ3v) is 2.78. The van der Waals surface area contributed by atoms with E-state index >= 15 is 0 Å². The fourth-order valence-electron chi connectivity index (χ4n) is 1.80. The summed E-state index contributed by atoms with van der Waals surface area (Å²) in [6.07, 6.45) is 3.73. The van der Waals surface area contributed by atoms with Crippen molar-refractivity contribution < 1.29 is 9.53 Å². The molecule has 0 aromatic rings. The fourth-order valence-corrected chi connectivity index (χ4v) is 1.80. The van der Waals surface area contributed by atoms with E-state index in [2.05, 4.69) is 4.90 Å². The van der Waals surface area contributed by atoms with Crippen molar-refractivity contribution in [1.82, 2.24) is 9.80 Å². The summed E-state index contributed by atoms with van der Waals surface area (Å²) in [5, 5.41) is 0. The number of piperidine rings is 1. The molecule has 1 amide bonds. The lowest BCUT2D eigenvalue weighted by atomic mass is 10.1. The Labute approximate surface area is 92.2 Å². The lowest BCUT2D eigenvalue weighted by Gasteiger charge is -2.28. The summed E-state index contributed by atoms with van der Waals surface area (Å²) in [6.45, 7) is 6.37. The number of carbonyl (C=O) groups is 1. The van der Waals surface area contributed by atoms with E-state index in [1.54, 1.807) is 11.9 Å². The quantitative estimate of drug-likeness (QED) is 0.712. The molecule has 1 aliphatic heterocycles. The number of hydrogen-bond donors (Lipinski definition) is 0. The van der Waals surface area contributed by atoms with Crippen molar-refractivity contribution in [3.8, 4) is 0 Å². The van der Waals surface area contributed by atoms with E-state index in [-0.39, 0.29) is 6.09 Å². The minimum absolute atomic E-state index is 0.213. The van der Waals surface area contributed by atoms with Crippen molar-refractivity contribution in [3.05, 3.63) is 0 Å². The average molecular weight is 214 g/mol. The second-order valence-corrected chi connectivity index (χ2v) is 4.02. The van der Waals surface area contributed by atoms with Gasteiger partial charge < -0.3 is 14.5 Å². The van der Waals surface area contributed by atoms with Crippen LogP contribution in [0.2, 0.25) is 0 Å². The minimum atomic E-state index is -0.213. The third kappa shape index (κ3) is 4.51. The van der Waals surface area contributed by atoms with E-state index in [1.165, 1.54) is 32.4 Å². The molecule has 1 aliphatic rings. The fraction of sp³-hybridized carbons (Fsp3) is 0.909. The molecule has 0 spiro atoms. The highest BCUT2D eigenvalue weighted by Gasteiger charge is 2.13. The van der Waals surface area contributed by atoms with Crippen LogP contribution in [0.4, 0.5) is 4.79 Å². The molecule has 88 valence electrons. The molecule has 0 bridgehead atoms. The number of hydrogen-bond acceptors (Lipinski definition) is 3. The summed E-state index contributed by atoms with van der Waals surface area (Å²) in [6, 6.07) is 0. The van der Waals surface area contributed by atoms with Crippen LogP contribution in [0.3, 0.4) is 0 Å². The summed E-state index contributed by atoms with van der Waals surface area (Å²) < 4.78 is 4.91. The van der Waals surface area contributed by atoms with Gasteiger partial charge in [0.05, 0.1) is 6.61 Å². The van der Waals surface area contributed by atoms with Gasteiger partial charge in [-0.3, -0.25) is 0 Å². The van der Waals surface area contributed by atoms with Crippen LogP contribution in [0.5, 0.6) is 0 Å². The van der Waals surface area contributed by atoms with E-state index < -0.39 is 0 Å². The summed E-state index contributed by atoms with van der Waals surface area (Å²) >= 11 is 0. The van der Waals surface area contributed by atoms with E-state index in [1.807, 2.05) is 6.92 Å². The number of amides is 1. The average Bonchev–Trinajstić information content (AvgIpc) is 2.27. The third-order valence-electron chi connectivity index (χ3n) is 2.78. The zero-order chi connectivity index (χ0) is 11.1. The molecule has 4 heteroatoms. The second-order valence-electron chi connectivity index (χ2n) is 4.02. The molecule has 4 nitrogen and oxygen atoms in total. The summed E-state index contributed by atoms with van der Waals surface area (Å²) in [7, 11) is 1.79. The van der Waals surface area contributed by atoms with Gasteiger partial charge in [0.25, 0.3) is 0 Å². The molecule has 0 aromatic heterocycles. The molecule has 1 fully saturated rings. The number of rotatable bonds is 4. The summed E-state index contributed by atoms with van der Waals surface area (Å²) in [5.74, 6) is 0. The van der Waals surface area contributed by atoms with Crippen LogP contribution in [0.25, 0.3) is 0 Å². The number of likely N-dealkylation sites (tertiary alicyclic amines) is 1. The van der Waals surface area contributed by atoms with Crippen molar-refractivity contribution in [2.75, 3.05) is 39.8 Å². The Balaban J connectivity index is 2.14. The lowest BCUT2D eigenvalue weighted by Crippen LogP contribution is -2.38. The Bertz CT molecular complexity index is 191. The van der Waals surface area contributed by atoms with Gasteiger partial charge in [-0.2, -0.15) is 0 Å². The number of nitrogens with zero attached hydrogens (tertiary/aromatic N) is 2. The molecule has 0 aromatic carbocycles. The zero-order valence-electron chi connectivity index (χ0n) is 9.87. The molecule has 1 rings (SSSR count). The highest BCUT2D eigenvalue weighted by Crippen LogP contribution is 2.07. The summed E-state index contributed by atoms with van der Waals surface area (Å²) in [4.78, 5) is 15.4. The van der Waals surface area contributed by atoms with Crippen molar-refractivity contribution in [2.24, 2.45) is 0 Å². The zero-order valence-corrected chi connectivity index (χ0v) is 9.87. The predicted octanol–water partition coefficient (Wildman–Crippen LogP) is 1.56. The molecule has 0 radical (unpaired) electrons. The van der Waals surface area contributed by atoms with Crippen molar-refractivity contribution in [1.29, 1.82) is 0 Å². The van der Waals surface area contributed by atoms with Gasteiger partial charge in [0.1, 0.15) is 0 Å². The molecular weight excluding hydrogens is 192 g/mol. The largest absolute Gasteiger partial charge is 0.450 e. The highest BCUT2D eigenvalue weighted by molar-refractivity contribution is 5.67. The molecule has 0 unspecified atom stereocenters. The Kier molecular flexibility index (Phi) is 5.47. The van der Waals surface area contributed by atoms with Crippen LogP contribution < -0.4 is 0 Å². The first kappa shape index (κ1) is 12.3. The maximum atomic E-state index is 11.3. The summed E-state index contributed by atoms with van der Waals surface area (Å²) in [5.41, 5.74) is 0. The van der Waals surface area contributed by atoms with Gasteiger partial charge in [-0.25, -0.2) is 4.79 Å². The molecule has 0 atom stereocenters. The molecule has 15 heavy (non-hydrogen) atoms. The number of carbonyl (C=O) groups excluding carboxylic acids is 1. The van der Waals surface area contributed by atoms with Crippen molar-refractivity contribution in [3.63, 3.8) is 0 Å². The molecule has 1 heterocycles. The number of ether oxygens (including phenoxy) is 1. The first-order valence-corrected chi connectivity index (χ1v) is 5.84. The maximum absolute atomic E-state index is 11.3.